The monoisotopic (exact) mass is 258 g/mol. The van der Waals surface area contributed by atoms with Gasteiger partial charge in [-0.2, -0.15) is 0 Å². The Morgan fingerprint density at radius 3 is 2.53 bits per heavy atom. The predicted molar refractivity (Wildman–Crippen MR) is 65.9 cm³/mol. The molecule has 0 spiro atoms. The van der Waals surface area contributed by atoms with Gasteiger partial charge >= 0.3 is 12.0 Å². The summed E-state index contributed by atoms with van der Waals surface area (Å²) in [4.78, 5) is 24.5. The third kappa shape index (κ3) is 2.51. The van der Waals surface area contributed by atoms with Gasteiger partial charge in [-0.05, 0) is 25.7 Å². The van der Waals surface area contributed by atoms with Crippen molar-refractivity contribution in [3.05, 3.63) is 0 Å². The SMILES string of the molecule is CC1CC(NC(=O)N2C(C)SCC2C(=O)O)C1. The van der Waals surface area contributed by atoms with Crippen molar-refractivity contribution in [2.75, 3.05) is 5.75 Å². The first-order valence-corrected chi connectivity index (χ1v) is 6.97. The molecule has 0 aromatic carbocycles. The second-order valence-corrected chi connectivity index (χ2v) is 6.27. The van der Waals surface area contributed by atoms with E-state index in [9.17, 15) is 9.59 Å². The van der Waals surface area contributed by atoms with E-state index in [1.54, 1.807) is 0 Å². The molecule has 1 aliphatic carbocycles. The first-order valence-electron chi connectivity index (χ1n) is 5.92. The van der Waals surface area contributed by atoms with E-state index >= 15 is 0 Å². The smallest absolute Gasteiger partial charge is 0.327 e. The summed E-state index contributed by atoms with van der Waals surface area (Å²) in [6.07, 6.45) is 2.00. The number of amides is 2. The Labute approximate surface area is 105 Å². The Balaban J connectivity index is 1.94. The van der Waals surface area contributed by atoms with Gasteiger partial charge in [-0.25, -0.2) is 9.59 Å². The van der Waals surface area contributed by atoms with Crippen molar-refractivity contribution in [3.63, 3.8) is 0 Å². The Morgan fingerprint density at radius 2 is 2.00 bits per heavy atom. The zero-order valence-electron chi connectivity index (χ0n) is 10.0. The van der Waals surface area contributed by atoms with Gasteiger partial charge in [0.1, 0.15) is 6.04 Å². The maximum Gasteiger partial charge on any atom is 0.327 e. The fourth-order valence-electron chi connectivity index (χ4n) is 2.41. The average molecular weight is 258 g/mol. The minimum atomic E-state index is -0.918. The highest BCUT2D eigenvalue weighted by atomic mass is 32.2. The Bertz CT molecular complexity index is 331. The van der Waals surface area contributed by atoms with E-state index in [1.165, 1.54) is 16.7 Å². The van der Waals surface area contributed by atoms with Crippen LogP contribution in [0.15, 0.2) is 0 Å². The van der Waals surface area contributed by atoms with Crippen LogP contribution in [0, 0.1) is 5.92 Å². The topological polar surface area (TPSA) is 69.6 Å². The highest BCUT2D eigenvalue weighted by Gasteiger charge is 2.40. The molecule has 17 heavy (non-hydrogen) atoms. The number of aliphatic carboxylic acids is 1. The molecule has 1 saturated heterocycles. The van der Waals surface area contributed by atoms with Crippen molar-refractivity contribution in [1.82, 2.24) is 10.2 Å². The van der Waals surface area contributed by atoms with E-state index in [4.69, 9.17) is 5.11 Å². The van der Waals surface area contributed by atoms with Crippen LogP contribution in [0.5, 0.6) is 0 Å². The van der Waals surface area contributed by atoms with Gasteiger partial charge in [0.05, 0.1) is 5.37 Å². The summed E-state index contributed by atoms with van der Waals surface area (Å²) >= 11 is 1.51. The molecule has 2 rings (SSSR count). The molecule has 1 aliphatic heterocycles. The average Bonchev–Trinajstić information content (AvgIpc) is 2.57. The fourth-order valence-corrected chi connectivity index (χ4v) is 3.58. The van der Waals surface area contributed by atoms with Gasteiger partial charge in [0.2, 0.25) is 0 Å². The minimum absolute atomic E-state index is 0.0615. The molecule has 2 aliphatic rings. The van der Waals surface area contributed by atoms with Gasteiger partial charge in [-0.1, -0.05) is 6.92 Å². The zero-order valence-corrected chi connectivity index (χ0v) is 10.9. The number of nitrogens with one attached hydrogen (secondary N) is 1. The first kappa shape index (κ1) is 12.5. The molecule has 0 radical (unpaired) electrons. The van der Waals surface area contributed by atoms with Gasteiger partial charge in [-0.3, -0.25) is 4.90 Å². The predicted octanol–water partition coefficient (Wildman–Crippen LogP) is 1.34. The molecular formula is C11H18N2O3S. The third-order valence-electron chi connectivity index (χ3n) is 3.44. The van der Waals surface area contributed by atoms with Gasteiger partial charge in [0.15, 0.2) is 0 Å². The lowest BCUT2D eigenvalue weighted by atomic mass is 9.82. The zero-order chi connectivity index (χ0) is 12.6. The molecule has 1 saturated carbocycles. The summed E-state index contributed by atoms with van der Waals surface area (Å²) in [5, 5.41) is 11.9. The maximum absolute atomic E-state index is 12.0. The number of rotatable bonds is 2. The minimum Gasteiger partial charge on any atom is -0.480 e. The number of urea groups is 1. The van der Waals surface area contributed by atoms with Crippen molar-refractivity contribution in [1.29, 1.82) is 0 Å². The maximum atomic E-state index is 12.0. The van der Waals surface area contributed by atoms with Gasteiger partial charge in [0, 0.05) is 11.8 Å². The molecule has 2 atom stereocenters. The molecule has 0 bridgehead atoms. The fraction of sp³-hybridized carbons (Fsp3) is 0.818. The van der Waals surface area contributed by atoms with Crippen LogP contribution in [0.25, 0.3) is 0 Å². The highest BCUT2D eigenvalue weighted by molar-refractivity contribution is 8.00. The summed E-state index contributed by atoms with van der Waals surface area (Å²) in [5.74, 6) is 0.227. The summed E-state index contributed by atoms with van der Waals surface area (Å²) in [6.45, 7) is 4.02. The van der Waals surface area contributed by atoms with Gasteiger partial charge in [0.25, 0.3) is 0 Å². The molecule has 0 aromatic heterocycles. The highest BCUT2D eigenvalue weighted by Crippen LogP contribution is 2.30. The number of carbonyl (C=O) groups is 2. The van der Waals surface area contributed by atoms with Crippen LogP contribution >= 0.6 is 11.8 Å². The summed E-state index contributed by atoms with van der Waals surface area (Å²) in [7, 11) is 0. The summed E-state index contributed by atoms with van der Waals surface area (Å²) < 4.78 is 0. The number of carboxylic acids is 1. The number of hydrogen-bond acceptors (Lipinski definition) is 3. The molecule has 0 aromatic rings. The van der Waals surface area contributed by atoms with Crippen molar-refractivity contribution >= 4 is 23.8 Å². The number of carboxylic acid groups (broad SMARTS) is 1. The van der Waals surface area contributed by atoms with E-state index in [0.717, 1.165) is 12.8 Å². The Kier molecular flexibility index (Phi) is 3.51. The second-order valence-electron chi connectivity index (χ2n) is 4.92. The molecule has 6 heteroatoms. The number of carbonyl (C=O) groups excluding carboxylic acids is 1. The number of nitrogens with zero attached hydrogens (tertiary/aromatic N) is 1. The quantitative estimate of drug-likeness (QED) is 0.784. The second kappa shape index (κ2) is 4.76. The van der Waals surface area contributed by atoms with Crippen LogP contribution in [-0.4, -0.2) is 45.2 Å². The summed E-state index contributed by atoms with van der Waals surface area (Å²) in [5.41, 5.74) is 0. The van der Waals surface area contributed by atoms with Crippen LogP contribution in [0.4, 0.5) is 4.79 Å². The molecule has 1 heterocycles. The van der Waals surface area contributed by atoms with Gasteiger partial charge < -0.3 is 10.4 Å². The van der Waals surface area contributed by atoms with Crippen molar-refractivity contribution in [3.8, 4) is 0 Å². The molecule has 2 unspecified atom stereocenters. The lowest BCUT2D eigenvalue weighted by Gasteiger charge is -2.35. The number of hydrogen-bond donors (Lipinski definition) is 2. The Hall–Kier alpha value is -0.910. The molecule has 2 fully saturated rings. The third-order valence-corrected chi connectivity index (χ3v) is 4.66. The van der Waals surface area contributed by atoms with Crippen LogP contribution in [0.3, 0.4) is 0 Å². The van der Waals surface area contributed by atoms with Crippen LogP contribution in [0.2, 0.25) is 0 Å². The lowest BCUT2D eigenvalue weighted by Crippen LogP contribution is -2.54. The largest absolute Gasteiger partial charge is 0.480 e. The molecule has 5 nitrogen and oxygen atoms in total. The number of thioether (sulfide) groups is 1. The van der Waals surface area contributed by atoms with E-state index in [0.29, 0.717) is 11.7 Å². The normalized spacial score (nSPS) is 36.5. The van der Waals surface area contributed by atoms with E-state index in [-0.39, 0.29) is 17.4 Å². The lowest BCUT2D eigenvalue weighted by molar-refractivity contribution is -0.141. The van der Waals surface area contributed by atoms with Crippen molar-refractivity contribution in [2.24, 2.45) is 5.92 Å². The van der Waals surface area contributed by atoms with Crippen LogP contribution in [-0.2, 0) is 4.79 Å². The van der Waals surface area contributed by atoms with E-state index in [1.807, 2.05) is 6.92 Å². The van der Waals surface area contributed by atoms with Crippen molar-refractivity contribution in [2.45, 2.75) is 44.1 Å². The molecule has 96 valence electrons. The van der Waals surface area contributed by atoms with Crippen LogP contribution < -0.4 is 5.32 Å². The first-order chi connectivity index (χ1) is 7.99. The van der Waals surface area contributed by atoms with Crippen LogP contribution in [0.1, 0.15) is 26.7 Å². The van der Waals surface area contributed by atoms with E-state index in [2.05, 4.69) is 12.2 Å². The Morgan fingerprint density at radius 1 is 1.35 bits per heavy atom. The summed E-state index contributed by atoms with van der Waals surface area (Å²) in [6, 6.07) is -0.691. The van der Waals surface area contributed by atoms with Crippen molar-refractivity contribution < 1.29 is 14.7 Å². The van der Waals surface area contributed by atoms with Gasteiger partial charge in [-0.15, -0.1) is 11.8 Å². The standard InChI is InChI=1S/C11H18N2O3S/c1-6-3-8(4-6)12-11(16)13-7(2)17-5-9(13)10(14)15/h6-9H,3-5H2,1-2H3,(H,12,16)(H,14,15). The van der Waals surface area contributed by atoms with E-state index < -0.39 is 12.0 Å². The molecule has 2 N–H and O–H groups in total. The molecule has 2 amide bonds. The molecular weight excluding hydrogens is 240 g/mol.